The van der Waals surface area contributed by atoms with Crippen molar-refractivity contribution in [2.24, 2.45) is 4.99 Å². The summed E-state index contributed by atoms with van der Waals surface area (Å²) in [7, 11) is 0. The number of hydrogen-bond donors (Lipinski definition) is 1. The lowest BCUT2D eigenvalue weighted by molar-refractivity contribution is -0.384. The van der Waals surface area contributed by atoms with Crippen LogP contribution in [0.3, 0.4) is 0 Å². The van der Waals surface area contributed by atoms with E-state index in [0.717, 1.165) is 11.8 Å². The van der Waals surface area contributed by atoms with Crippen molar-refractivity contribution in [1.29, 1.82) is 0 Å². The average molecular weight is 409 g/mol. The highest BCUT2D eigenvalue weighted by Gasteiger charge is 2.32. The molecule has 1 aliphatic rings. The minimum atomic E-state index is -1.04. The molecule has 0 bridgehead atoms. The average Bonchev–Trinajstić information content (AvgIpc) is 2.98. The topological polar surface area (TPSA) is 113 Å². The Bertz CT molecular complexity index is 1060. The van der Waals surface area contributed by atoms with Crippen LogP contribution in [0.5, 0.6) is 0 Å². The molecule has 1 N–H and O–H groups in total. The van der Waals surface area contributed by atoms with Crippen LogP contribution >= 0.6 is 11.8 Å². The second kappa shape index (κ2) is 8.53. The van der Waals surface area contributed by atoms with Gasteiger partial charge < -0.3 is 5.11 Å². The summed E-state index contributed by atoms with van der Waals surface area (Å²) in [4.78, 5) is 40.4. The van der Waals surface area contributed by atoms with Crippen LogP contribution in [0.4, 0.5) is 11.4 Å². The van der Waals surface area contributed by atoms with E-state index in [-0.39, 0.29) is 23.7 Å². The van der Waals surface area contributed by atoms with Crippen LogP contribution in [0.2, 0.25) is 0 Å². The van der Waals surface area contributed by atoms with Crippen molar-refractivity contribution in [1.82, 2.24) is 4.90 Å². The number of carbonyl (C=O) groups is 2. The van der Waals surface area contributed by atoms with Gasteiger partial charge in [-0.05, 0) is 47.7 Å². The molecule has 1 fully saturated rings. The van der Waals surface area contributed by atoms with Crippen molar-refractivity contribution in [2.75, 3.05) is 6.54 Å². The van der Waals surface area contributed by atoms with Gasteiger partial charge in [-0.3, -0.25) is 19.8 Å². The molecule has 8 nitrogen and oxygen atoms in total. The number of hydrogen-bond acceptors (Lipinski definition) is 6. The van der Waals surface area contributed by atoms with Gasteiger partial charge in [-0.15, -0.1) is 6.58 Å². The normalized spacial score (nSPS) is 16.4. The number of benzene rings is 2. The first-order valence-corrected chi connectivity index (χ1v) is 9.19. The summed E-state index contributed by atoms with van der Waals surface area (Å²) in [5.41, 5.74) is 1.10. The van der Waals surface area contributed by atoms with Crippen LogP contribution in [-0.4, -0.2) is 38.5 Å². The second-order valence-corrected chi connectivity index (χ2v) is 6.92. The van der Waals surface area contributed by atoms with Gasteiger partial charge in [0.25, 0.3) is 11.6 Å². The van der Waals surface area contributed by atoms with Gasteiger partial charge in [0.1, 0.15) is 0 Å². The fourth-order valence-corrected chi connectivity index (χ4v) is 3.56. The fourth-order valence-electron chi connectivity index (χ4n) is 2.55. The lowest BCUT2D eigenvalue weighted by atomic mass is 10.2. The molecular formula is C20H15N3O5S. The highest BCUT2D eigenvalue weighted by Crippen LogP contribution is 2.34. The van der Waals surface area contributed by atoms with Gasteiger partial charge >= 0.3 is 5.97 Å². The van der Waals surface area contributed by atoms with Crippen molar-refractivity contribution in [2.45, 2.75) is 0 Å². The predicted molar refractivity (Wildman–Crippen MR) is 111 cm³/mol. The van der Waals surface area contributed by atoms with E-state index in [9.17, 15) is 19.7 Å². The summed E-state index contributed by atoms with van der Waals surface area (Å²) < 4.78 is 0. The van der Waals surface area contributed by atoms with Crippen molar-refractivity contribution >= 4 is 46.3 Å². The van der Waals surface area contributed by atoms with E-state index in [1.54, 1.807) is 36.4 Å². The van der Waals surface area contributed by atoms with Gasteiger partial charge in [0.2, 0.25) is 0 Å². The number of carboxylic acids is 1. The molecule has 0 radical (unpaired) electrons. The van der Waals surface area contributed by atoms with E-state index in [0.29, 0.717) is 21.3 Å². The number of aromatic carboxylic acids is 1. The van der Waals surface area contributed by atoms with Gasteiger partial charge in [-0.25, -0.2) is 9.79 Å². The molecule has 0 aliphatic carbocycles. The van der Waals surface area contributed by atoms with E-state index in [1.165, 1.54) is 29.2 Å². The first kappa shape index (κ1) is 20.0. The zero-order valence-corrected chi connectivity index (χ0v) is 15.8. The molecule has 2 aromatic carbocycles. The highest BCUT2D eigenvalue weighted by atomic mass is 32.2. The third-order valence-electron chi connectivity index (χ3n) is 3.92. The number of carbonyl (C=O) groups excluding carboxylic acids is 1. The molecule has 29 heavy (non-hydrogen) atoms. The summed E-state index contributed by atoms with van der Waals surface area (Å²) in [6.07, 6.45) is 3.14. The summed E-state index contributed by atoms with van der Waals surface area (Å²) in [6.45, 7) is 3.89. The Labute approximate surface area is 170 Å². The van der Waals surface area contributed by atoms with Crippen molar-refractivity contribution in [3.63, 3.8) is 0 Å². The van der Waals surface area contributed by atoms with Crippen LogP contribution in [0.1, 0.15) is 15.9 Å². The number of nitro benzene ring substituents is 1. The largest absolute Gasteiger partial charge is 0.478 e. The minimum Gasteiger partial charge on any atom is -0.478 e. The molecule has 9 heteroatoms. The van der Waals surface area contributed by atoms with Gasteiger partial charge in [0.15, 0.2) is 5.17 Å². The fraction of sp³-hybridized carbons (Fsp3) is 0.0500. The third kappa shape index (κ3) is 4.58. The van der Waals surface area contributed by atoms with Crippen LogP contribution < -0.4 is 0 Å². The maximum atomic E-state index is 12.8. The molecule has 146 valence electrons. The number of non-ortho nitro benzene ring substituents is 1. The smallest absolute Gasteiger partial charge is 0.335 e. The molecule has 0 unspecified atom stereocenters. The minimum absolute atomic E-state index is 0.0647. The highest BCUT2D eigenvalue weighted by molar-refractivity contribution is 8.18. The van der Waals surface area contributed by atoms with Crippen molar-refractivity contribution in [3.05, 3.63) is 87.3 Å². The lowest BCUT2D eigenvalue weighted by Gasteiger charge is -2.12. The molecular weight excluding hydrogens is 394 g/mol. The molecule has 1 saturated heterocycles. The molecule has 1 heterocycles. The third-order valence-corrected chi connectivity index (χ3v) is 4.92. The molecule has 0 spiro atoms. The standard InChI is InChI=1S/C20H15N3O5S/c1-2-10-22-18(24)17(12-13-4-3-5-16(11-13)23(27)28)29-20(22)21-15-8-6-14(7-9-15)19(25)26/h2-9,11-12H,1,10H2,(H,25,26)/b17-12-,21-20?. The van der Waals surface area contributed by atoms with Gasteiger partial charge in [-0.1, -0.05) is 18.2 Å². The summed E-state index contributed by atoms with van der Waals surface area (Å²) in [6, 6.07) is 12.0. The number of carboxylic acid groups (broad SMARTS) is 1. The molecule has 0 atom stereocenters. The Balaban J connectivity index is 1.93. The van der Waals surface area contributed by atoms with Crippen LogP contribution in [-0.2, 0) is 4.79 Å². The number of aliphatic imine (C=N–C) groups is 1. The van der Waals surface area contributed by atoms with Crippen LogP contribution in [0.15, 0.2) is 71.1 Å². The molecule has 0 aromatic heterocycles. The van der Waals surface area contributed by atoms with Gasteiger partial charge in [0, 0.05) is 18.7 Å². The van der Waals surface area contributed by atoms with Crippen molar-refractivity contribution in [3.8, 4) is 0 Å². The summed E-state index contributed by atoms with van der Waals surface area (Å²) in [5, 5.41) is 20.3. The Kier molecular flexibility index (Phi) is 5.89. The van der Waals surface area contributed by atoms with Crippen LogP contribution in [0, 0.1) is 10.1 Å². The van der Waals surface area contributed by atoms with Crippen molar-refractivity contribution < 1.29 is 19.6 Å². The quantitative estimate of drug-likeness (QED) is 0.333. The van der Waals surface area contributed by atoms with E-state index in [1.807, 2.05) is 0 Å². The van der Waals surface area contributed by atoms with Gasteiger partial charge in [0.05, 0.1) is 21.1 Å². The maximum absolute atomic E-state index is 12.8. The Morgan fingerprint density at radius 2 is 2.00 bits per heavy atom. The maximum Gasteiger partial charge on any atom is 0.335 e. The van der Waals surface area contributed by atoms with Crippen LogP contribution in [0.25, 0.3) is 6.08 Å². The predicted octanol–water partition coefficient (Wildman–Crippen LogP) is 4.08. The molecule has 1 amide bonds. The zero-order chi connectivity index (χ0) is 21.0. The Hall–Kier alpha value is -3.72. The molecule has 2 aromatic rings. The Morgan fingerprint density at radius 3 is 2.62 bits per heavy atom. The van der Waals surface area contributed by atoms with Gasteiger partial charge in [-0.2, -0.15) is 0 Å². The SMILES string of the molecule is C=CCN1C(=O)/C(=C/c2cccc([N+](=O)[O-])c2)SC1=Nc1ccc(C(=O)O)cc1. The number of rotatable bonds is 6. The number of amidine groups is 1. The number of nitrogens with zero attached hydrogens (tertiary/aromatic N) is 3. The summed E-state index contributed by atoms with van der Waals surface area (Å²) >= 11 is 1.13. The second-order valence-electron chi connectivity index (χ2n) is 5.91. The number of amides is 1. The summed E-state index contributed by atoms with van der Waals surface area (Å²) in [5.74, 6) is -1.33. The number of thioether (sulfide) groups is 1. The van der Waals surface area contributed by atoms with E-state index in [4.69, 9.17) is 5.11 Å². The van der Waals surface area contributed by atoms with E-state index in [2.05, 4.69) is 11.6 Å². The van der Waals surface area contributed by atoms with E-state index < -0.39 is 10.9 Å². The molecule has 0 saturated carbocycles. The lowest BCUT2D eigenvalue weighted by Crippen LogP contribution is -2.29. The first-order chi connectivity index (χ1) is 13.9. The molecule has 1 aliphatic heterocycles. The first-order valence-electron chi connectivity index (χ1n) is 8.38. The molecule has 3 rings (SSSR count). The van der Waals surface area contributed by atoms with E-state index >= 15 is 0 Å². The number of nitro groups is 1. The Morgan fingerprint density at radius 1 is 1.28 bits per heavy atom. The zero-order valence-electron chi connectivity index (χ0n) is 15.0. The monoisotopic (exact) mass is 409 g/mol.